The Morgan fingerprint density at radius 2 is 2.19 bits per heavy atom. The molecule has 1 heterocycles. The van der Waals surface area contributed by atoms with Crippen molar-refractivity contribution in [2.24, 2.45) is 0 Å². The molecule has 0 saturated heterocycles. The van der Waals surface area contributed by atoms with Crippen molar-refractivity contribution in [3.05, 3.63) is 32.2 Å². The Bertz CT molecular complexity index is 578. The Morgan fingerprint density at radius 1 is 1.44 bits per heavy atom. The highest BCUT2D eigenvalue weighted by Gasteiger charge is 2.22. The minimum atomic E-state index is -0.586. The Morgan fingerprint density at radius 3 is 2.75 bits per heavy atom. The second-order valence-electron chi connectivity index (χ2n) is 3.36. The van der Waals surface area contributed by atoms with E-state index in [1.54, 1.807) is 13.0 Å². The minimum Gasteiger partial charge on any atom is -0.488 e. The first kappa shape index (κ1) is 10.4. The molecule has 0 fully saturated rings. The van der Waals surface area contributed by atoms with Crippen LogP contribution in [0.25, 0.3) is 0 Å². The lowest BCUT2D eigenvalue weighted by Crippen LogP contribution is -2.35. The van der Waals surface area contributed by atoms with E-state index in [1.807, 2.05) is 6.92 Å². The summed E-state index contributed by atoms with van der Waals surface area (Å²) in [6.45, 7) is 3.93. The smallest absolute Gasteiger partial charge is 0.272 e. The van der Waals surface area contributed by atoms with E-state index in [1.165, 1.54) is 0 Å². The van der Waals surface area contributed by atoms with Crippen LogP contribution in [0.15, 0.2) is 15.7 Å². The molecule has 0 unspecified atom stereocenters. The SMILES string of the molecule is CCOc1c(Nc2cc(C)[nH]n2)c(=O)c1=O. The Balaban J connectivity index is 2.25. The van der Waals surface area contributed by atoms with Crippen LogP contribution in [0.4, 0.5) is 11.5 Å². The number of hydrogen-bond donors (Lipinski definition) is 2. The Kier molecular flexibility index (Phi) is 2.47. The number of rotatable bonds is 4. The quantitative estimate of drug-likeness (QED) is 0.732. The molecule has 0 bridgehead atoms. The molecule has 1 aromatic carbocycles. The summed E-state index contributed by atoms with van der Waals surface area (Å²) >= 11 is 0. The van der Waals surface area contributed by atoms with E-state index in [4.69, 9.17) is 4.74 Å². The van der Waals surface area contributed by atoms with Gasteiger partial charge in [-0.3, -0.25) is 14.7 Å². The summed E-state index contributed by atoms with van der Waals surface area (Å²) in [7, 11) is 0. The van der Waals surface area contributed by atoms with Crippen LogP contribution in [0.3, 0.4) is 0 Å². The van der Waals surface area contributed by atoms with Crippen LogP contribution in [-0.4, -0.2) is 16.8 Å². The highest BCUT2D eigenvalue weighted by atomic mass is 16.5. The Labute approximate surface area is 90.9 Å². The van der Waals surface area contributed by atoms with E-state index in [2.05, 4.69) is 15.5 Å². The zero-order chi connectivity index (χ0) is 11.7. The molecule has 6 nitrogen and oxygen atoms in total. The molecule has 6 heteroatoms. The van der Waals surface area contributed by atoms with Crippen molar-refractivity contribution in [1.82, 2.24) is 10.2 Å². The standard InChI is InChI=1S/C10H11N3O3/c1-3-16-10-7(8(14)9(10)15)11-6-4-5(2)12-13-6/h4H,3H2,1-2H3,(H2,11,12,13). The number of ether oxygens (including phenoxy) is 1. The highest BCUT2D eigenvalue weighted by Crippen LogP contribution is 2.21. The van der Waals surface area contributed by atoms with Gasteiger partial charge < -0.3 is 10.1 Å². The molecule has 0 atom stereocenters. The van der Waals surface area contributed by atoms with Gasteiger partial charge in [0.15, 0.2) is 11.6 Å². The zero-order valence-corrected chi connectivity index (χ0v) is 8.96. The summed E-state index contributed by atoms with van der Waals surface area (Å²) in [6, 6.07) is 1.73. The number of H-pyrrole nitrogens is 1. The van der Waals surface area contributed by atoms with Crippen molar-refractivity contribution in [2.75, 3.05) is 11.9 Å². The normalized spacial score (nSPS) is 10.6. The predicted molar refractivity (Wildman–Crippen MR) is 59.1 cm³/mol. The number of nitrogens with zero attached hydrogens (tertiary/aromatic N) is 1. The molecule has 84 valence electrons. The fraction of sp³-hybridized carbons (Fsp3) is 0.300. The van der Waals surface area contributed by atoms with Gasteiger partial charge in [-0.1, -0.05) is 0 Å². The molecular formula is C10H11N3O3. The number of nitrogens with one attached hydrogen (secondary N) is 2. The van der Waals surface area contributed by atoms with Crippen LogP contribution < -0.4 is 20.9 Å². The third-order valence-electron chi connectivity index (χ3n) is 2.11. The van der Waals surface area contributed by atoms with E-state index in [-0.39, 0.29) is 11.4 Å². The number of anilines is 2. The molecule has 0 saturated carbocycles. The molecule has 2 N–H and O–H groups in total. The van der Waals surface area contributed by atoms with E-state index in [0.717, 1.165) is 5.69 Å². The van der Waals surface area contributed by atoms with Crippen LogP contribution in [0.5, 0.6) is 5.75 Å². The van der Waals surface area contributed by atoms with Crippen molar-refractivity contribution in [3.8, 4) is 5.75 Å². The lowest BCUT2D eigenvalue weighted by Gasteiger charge is -2.10. The van der Waals surface area contributed by atoms with Gasteiger partial charge in [-0.25, -0.2) is 0 Å². The monoisotopic (exact) mass is 221 g/mol. The van der Waals surface area contributed by atoms with Gasteiger partial charge in [-0.15, -0.1) is 0 Å². The lowest BCUT2D eigenvalue weighted by atomic mass is 10.2. The number of hydrogen-bond acceptors (Lipinski definition) is 5. The molecule has 0 radical (unpaired) electrons. The number of aryl methyl sites for hydroxylation is 1. The molecular weight excluding hydrogens is 210 g/mol. The van der Waals surface area contributed by atoms with Gasteiger partial charge in [-0.2, -0.15) is 5.10 Å². The molecule has 1 aromatic heterocycles. The summed E-state index contributed by atoms with van der Waals surface area (Å²) in [5.41, 5.74) is -0.113. The van der Waals surface area contributed by atoms with Crippen LogP contribution in [0.2, 0.25) is 0 Å². The van der Waals surface area contributed by atoms with Crippen molar-refractivity contribution < 1.29 is 4.74 Å². The van der Waals surface area contributed by atoms with E-state index >= 15 is 0 Å². The second kappa shape index (κ2) is 3.80. The molecule has 2 aromatic rings. The molecule has 16 heavy (non-hydrogen) atoms. The van der Waals surface area contributed by atoms with Crippen LogP contribution in [0.1, 0.15) is 12.6 Å². The van der Waals surface area contributed by atoms with Gasteiger partial charge in [0.25, 0.3) is 10.9 Å². The van der Waals surface area contributed by atoms with Gasteiger partial charge >= 0.3 is 0 Å². The van der Waals surface area contributed by atoms with Crippen LogP contribution >= 0.6 is 0 Å². The first-order chi connectivity index (χ1) is 7.63. The molecule has 0 aliphatic carbocycles. The van der Waals surface area contributed by atoms with Crippen molar-refractivity contribution in [1.29, 1.82) is 0 Å². The van der Waals surface area contributed by atoms with Gasteiger partial charge in [-0.05, 0) is 13.8 Å². The largest absolute Gasteiger partial charge is 0.488 e. The third-order valence-corrected chi connectivity index (χ3v) is 2.11. The summed E-state index contributed by atoms with van der Waals surface area (Å²) in [5.74, 6) is 0.582. The molecule has 0 spiro atoms. The highest BCUT2D eigenvalue weighted by molar-refractivity contribution is 5.68. The maximum Gasteiger partial charge on any atom is 0.272 e. The molecule has 0 amide bonds. The molecule has 0 aliphatic heterocycles. The lowest BCUT2D eigenvalue weighted by molar-refractivity contribution is 0.335. The van der Waals surface area contributed by atoms with Gasteiger partial charge in [0.1, 0.15) is 5.69 Å². The van der Waals surface area contributed by atoms with Crippen LogP contribution in [0, 0.1) is 6.92 Å². The summed E-state index contributed by atoms with van der Waals surface area (Å²) in [6.07, 6.45) is 0. The maximum atomic E-state index is 11.3. The van der Waals surface area contributed by atoms with Crippen LogP contribution in [-0.2, 0) is 0 Å². The first-order valence-electron chi connectivity index (χ1n) is 4.88. The van der Waals surface area contributed by atoms with Crippen molar-refractivity contribution in [3.63, 3.8) is 0 Å². The first-order valence-corrected chi connectivity index (χ1v) is 4.88. The third kappa shape index (κ3) is 1.58. The summed E-state index contributed by atoms with van der Waals surface area (Å²) in [5, 5.41) is 9.38. The summed E-state index contributed by atoms with van der Waals surface area (Å²) in [4.78, 5) is 22.4. The number of aromatic amines is 1. The van der Waals surface area contributed by atoms with E-state index in [0.29, 0.717) is 12.4 Å². The second-order valence-corrected chi connectivity index (χ2v) is 3.36. The Hall–Kier alpha value is -2.11. The van der Waals surface area contributed by atoms with Crippen molar-refractivity contribution >= 4 is 11.5 Å². The van der Waals surface area contributed by atoms with Gasteiger partial charge in [0.2, 0.25) is 0 Å². The number of aromatic nitrogens is 2. The molecule has 2 rings (SSSR count). The zero-order valence-electron chi connectivity index (χ0n) is 8.96. The maximum absolute atomic E-state index is 11.3. The fourth-order valence-corrected chi connectivity index (χ4v) is 1.38. The minimum absolute atomic E-state index is 0.0909. The molecule has 0 aliphatic rings. The summed E-state index contributed by atoms with van der Waals surface area (Å²) < 4.78 is 5.06. The fourth-order valence-electron chi connectivity index (χ4n) is 1.38. The average Bonchev–Trinajstić information content (AvgIpc) is 2.69. The predicted octanol–water partition coefficient (Wildman–Crippen LogP) is 0.456. The van der Waals surface area contributed by atoms with E-state index < -0.39 is 10.9 Å². The van der Waals surface area contributed by atoms with Crippen molar-refractivity contribution in [2.45, 2.75) is 13.8 Å². The van der Waals surface area contributed by atoms with E-state index in [9.17, 15) is 9.59 Å². The average molecular weight is 221 g/mol. The topological polar surface area (TPSA) is 84.1 Å². The van der Waals surface area contributed by atoms with Gasteiger partial charge in [0.05, 0.1) is 6.61 Å². The van der Waals surface area contributed by atoms with Gasteiger partial charge in [0, 0.05) is 11.8 Å².